The van der Waals surface area contributed by atoms with Gasteiger partial charge in [-0.3, -0.25) is 4.79 Å². The second kappa shape index (κ2) is 8.88. The minimum Gasteiger partial charge on any atom is -0.483 e. The smallest absolute Gasteiger partial charge is 0.261 e. The topological polar surface area (TPSA) is 63.7 Å². The van der Waals surface area contributed by atoms with Crippen LogP contribution in [0.25, 0.3) is 0 Å². The zero-order chi connectivity index (χ0) is 21.2. The van der Waals surface area contributed by atoms with Crippen LogP contribution in [0.5, 0.6) is 5.75 Å². The van der Waals surface area contributed by atoms with Gasteiger partial charge in [-0.1, -0.05) is 45.8 Å². The number of hydrogen-bond acceptors (Lipinski definition) is 4. The van der Waals surface area contributed by atoms with Crippen LogP contribution in [0.4, 0.5) is 0 Å². The minimum absolute atomic E-state index is 0.00926. The first-order valence-electron chi connectivity index (χ1n) is 9.59. The summed E-state index contributed by atoms with van der Waals surface area (Å²) in [5, 5.41) is 0. The molecule has 1 heterocycles. The molecule has 1 fully saturated rings. The van der Waals surface area contributed by atoms with Gasteiger partial charge in [0.15, 0.2) is 16.4 Å². The van der Waals surface area contributed by atoms with Crippen molar-refractivity contribution in [1.82, 2.24) is 4.90 Å². The first-order chi connectivity index (χ1) is 13.6. The summed E-state index contributed by atoms with van der Waals surface area (Å²) in [7, 11) is -3.10. The molecule has 0 spiro atoms. The lowest BCUT2D eigenvalue weighted by Gasteiger charge is -2.29. The van der Waals surface area contributed by atoms with Gasteiger partial charge in [-0.05, 0) is 56.0 Å². The monoisotopic (exact) mass is 479 g/mol. The molecule has 0 bridgehead atoms. The van der Waals surface area contributed by atoms with Gasteiger partial charge in [-0.25, -0.2) is 8.42 Å². The standard InChI is InChI=1S/C22H26BrNO4S/c1-15-9-16(2)22(17(3)10-15)28-13-21(25)24(20-7-8-29(26,27)14-20)12-18-5-4-6-19(23)11-18/h4-6,9-11,20H,7-8,12-14H2,1-3H3. The van der Waals surface area contributed by atoms with Crippen molar-refractivity contribution in [3.05, 3.63) is 63.1 Å². The van der Waals surface area contributed by atoms with E-state index < -0.39 is 9.84 Å². The molecule has 29 heavy (non-hydrogen) atoms. The highest BCUT2D eigenvalue weighted by molar-refractivity contribution is 9.10. The van der Waals surface area contributed by atoms with Crippen LogP contribution in [-0.2, 0) is 21.2 Å². The largest absolute Gasteiger partial charge is 0.483 e. The van der Waals surface area contributed by atoms with Gasteiger partial charge in [0.25, 0.3) is 5.91 Å². The van der Waals surface area contributed by atoms with E-state index in [1.54, 1.807) is 4.90 Å². The number of carbonyl (C=O) groups is 1. The highest BCUT2D eigenvalue weighted by atomic mass is 79.9. The van der Waals surface area contributed by atoms with Crippen molar-refractivity contribution >= 4 is 31.7 Å². The van der Waals surface area contributed by atoms with E-state index in [-0.39, 0.29) is 30.1 Å². The molecule has 1 saturated heterocycles. The van der Waals surface area contributed by atoms with Gasteiger partial charge in [-0.2, -0.15) is 0 Å². The minimum atomic E-state index is -3.10. The van der Waals surface area contributed by atoms with E-state index in [4.69, 9.17) is 4.74 Å². The van der Waals surface area contributed by atoms with Crippen LogP contribution in [0.15, 0.2) is 40.9 Å². The molecule has 1 aliphatic rings. The molecule has 2 aromatic rings. The SMILES string of the molecule is Cc1cc(C)c(OCC(=O)N(Cc2cccc(Br)c2)C2CCS(=O)(=O)C2)c(C)c1. The molecule has 3 rings (SSSR count). The lowest BCUT2D eigenvalue weighted by atomic mass is 10.1. The number of carbonyl (C=O) groups excluding carboxylic acids is 1. The van der Waals surface area contributed by atoms with E-state index in [1.807, 2.05) is 57.2 Å². The average Bonchev–Trinajstić information content (AvgIpc) is 2.98. The van der Waals surface area contributed by atoms with Crippen LogP contribution in [0.2, 0.25) is 0 Å². The van der Waals surface area contributed by atoms with Crippen molar-refractivity contribution in [2.75, 3.05) is 18.1 Å². The Morgan fingerprint density at radius 1 is 1.17 bits per heavy atom. The number of rotatable bonds is 6. The fourth-order valence-corrected chi connectivity index (χ4v) is 6.06. The summed E-state index contributed by atoms with van der Waals surface area (Å²) in [6.07, 6.45) is 0.463. The molecular weight excluding hydrogens is 454 g/mol. The molecule has 156 valence electrons. The fourth-order valence-electron chi connectivity index (χ4n) is 3.89. The highest BCUT2D eigenvalue weighted by Gasteiger charge is 2.35. The molecular formula is C22H26BrNO4S. The van der Waals surface area contributed by atoms with Crippen molar-refractivity contribution in [2.24, 2.45) is 0 Å². The molecule has 0 aromatic heterocycles. The van der Waals surface area contributed by atoms with Crippen LogP contribution in [-0.4, -0.2) is 43.4 Å². The molecule has 1 atom stereocenters. The van der Waals surface area contributed by atoms with Gasteiger partial charge >= 0.3 is 0 Å². The number of hydrogen-bond donors (Lipinski definition) is 0. The summed E-state index contributed by atoms with van der Waals surface area (Å²) in [6, 6.07) is 11.4. The zero-order valence-electron chi connectivity index (χ0n) is 16.9. The summed E-state index contributed by atoms with van der Waals surface area (Å²) in [5.41, 5.74) is 4.06. The molecule has 1 amide bonds. The van der Waals surface area contributed by atoms with E-state index in [2.05, 4.69) is 15.9 Å². The number of nitrogens with zero attached hydrogens (tertiary/aromatic N) is 1. The van der Waals surface area contributed by atoms with E-state index >= 15 is 0 Å². The lowest BCUT2D eigenvalue weighted by molar-refractivity contribution is -0.136. The molecule has 0 saturated carbocycles. The van der Waals surface area contributed by atoms with E-state index in [1.165, 1.54) is 0 Å². The Morgan fingerprint density at radius 2 is 1.86 bits per heavy atom. The molecule has 0 N–H and O–H groups in total. The maximum absolute atomic E-state index is 13.1. The van der Waals surface area contributed by atoms with Gasteiger partial charge in [0, 0.05) is 17.1 Å². The highest BCUT2D eigenvalue weighted by Crippen LogP contribution is 2.26. The van der Waals surface area contributed by atoms with Crippen molar-refractivity contribution in [2.45, 2.75) is 39.8 Å². The number of amides is 1. The summed E-state index contributed by atoms with van der Waals surface area (Å²) in [6.45, 7) is 6.18. The predicted molar refractivity (Wildman–Crippen MR) is 118 cm³/mol. The Balaban J connectivity index is 1.79. The lowest BCUT2D eigenvalue weighted by Crippen LogP contribution is -2.43. The number of aryl methyl sites for hydroxylation is 3. The first kappa shape index (κ1) is 21.8. The van der Waals surface area contributed by atoms with Gasteiger partial charge in [0.1, 0.15) is 5.75 Å². The summed E-state index contributed by atoms with van der Waals surface area (Å²) in [4.78, 5) is 14.7. The molecule has 0 radical (unpaired) electrons. The molecule has 1 unspecified atom stereocenters. The third-order valence-corrected chi connectivity index (χ3v) is 7.40. The number of sulfone groups is 1. The molecule has 5 nitrogen and oxygen atoms in total. The van der Waals surface area contributed by atoms with Gasteiger partial charge in [0.2, 0.25) is 0 Å². The van der Waals surface area contributed by atoms with E-state index in [9.17, 15) is 13.2 Å². The third-order valence-electron chi connectivity index (χ3n) is 5.16. The van der Waals surface area contributed by atoms with Gasteiger partial charge in [-0.15, -0.1) is 0 Å². The summed E-state index contributed by atoms with van der Waals surface area (Å²) >= 11 is 3.45. The fraction of sp³-hybridized carbons (Fsp3) is 0.409. The Bertz CT molecular complexity index is 996. The second-order valence-electron chi connectivity index (χ2n) is 7.72. The normalized spacial score (nSPS) is 17.9. The predicted octanol–water partition coefficient (Wildman–Crippen LogP) is 3.97. The van der Waals surface area contributed by atoms with Crippen molar-refractivity contribution < 1.29 is 17.9 Å². The van der Waals surface area contributed by atoms with Crippen molar-refractivity contribution in [1.29, 1.82) is 0 Å². The second-order valence-corrected chi connectivity index (χ2v) is 10.9. The van der Waals surface area contributed by atoms with E-state index in [0.29, 0.717) is 18.7 Å². The molecule has 2 aromatic carbocycles. The summed E-state index contributed by atoms with van der Waals surface area (Å²) in [5.74, 6) is 0.642. The number of benzene rings is 2. The number of ether oxygens (including phenoxy) is 1. The van der Waals surface area contributed by atoms with Crippen LogP contribution < -0.4 is 4.74 Å². The maximum atomic E-state index is 13.1. The Morgan fingerprint density at radius 3 is 2.45 bits per heavy atom. The van der Waals surface area contributed by atoms with E-state index in [0.717, 1.165) is 26.7 Å². The average molecular weight is 480 g/mol. The van der Waals surface area contributed by atoms with Crippen LogP contribution >= 0.6 is 15.9 Å². The van der Waals surface area contributed by atoms with Crippen molar-refractivity contribution in [3.63, 3.8) is 0 Å². The van der Waals surface area contributed by atoms with Crippen LogP contribution in [0.1, 0.15) is 28.7 Å². The molecule has 7 heteroatoms. The Hall–Kier alpha value is -1.86. The first-order valence-corrected chi connectivity index (χ1v) is 12.2. The Labute approximate surface area is 181 Å². The molecule has 1 aliphatic heterocycles. The zero-order valence-corrected chi connectivity index (χ0v) is 19.3. The third kappa shape index (κ3) is 5.60. The van der Waals surface area contributed by atoms with Gasteiger partial charge < -0.3 is 9.64 Å². The van der Waals surface area contributed by atoms with Crippen molar-refractivity contribution in [3.8, 4) is 5.75 Å². The quantitative estimate of drug-likeness (QED) is 0.628. The summed E-state index contributed by atoms with van der Waals surface area (Å²) < 4.78 is 30.8. The molecule has 0 aliphatic carbocycles. The van der Waals surface area contributed by atoms with Crippen LogP contribution in [0.3, 0.4) is 0 Å². The van der Waals surface area contributed by atoms with Gasteiger partial charge in [0.05, 0.1) is 11.5 Å². The van der Waals surface area contributed by atoms with Crippen LogP contribution in [0, 0.1) is 20.8 Å². The maximum Gasteiger partial charge on any atom is 0.261 e. The Kier molecular flexibility index (Phi) is 6.69. The number of halogens is 1.